The summed E-state index contributed by atoms with van der Waals surface area (Å²) >= 11 is 3.55. The third-order valence-electron chi connectivity index (χ3n) is 2.92. The normalized spacial score (nSPS) is 16.2. The zero-order valence-electron chi connectivity index (χ0n) is 9.40. The Hall–Kier alpha value is -0.590. The molecule has 1 aromatic carbocycles. The van der Waals surface area contributed by atoms with Crippen molar-refractivity contribution in [3.63, 3.8) is 0 Å². The van der Waals surface area contributed by atoms with Gasteiger partial charge in [0.25, 0.3) is 0 Å². The highest BCUT2D eigenvalue weighted by atomic mass is 32.2. The van der Waals surface area contributed by atoms with E-state index in [1.165, 1.54) is 30.6 Å². The Kier molecular flexibility index (Phi) is 4.20. The fourth-order valence-corrected chi connectivity index (χ4v) is 4.07. The van der Waals surface area contributed by atoms with E-state index < -0.39 is 0 Å². The predicted octanol–water partition coefficient (Wildman–Crippen LogP) is 4.31. The molecule has 0 N–H and O–H groups in total. The average molecular weight is 249 g/mol. The Labute approximate surface area is 106 Å². The molecule has 1 fully saturated rings. The van der Waals surface area contributed by atoms with Crippen molar-refractivity contribution in [2.24, 2.45) is 0 Å². The van der Waals surface area contributed by atoms with Crippen LogP contribution in [-0.4, -0.2) is 11.5 Å². The Morgan fingerprint density at radius 3 is 2.56 bits per heavy atom. The molecule has 1 nitrogen and oxygen atoms in total. The third-order valence-corrected chi connectivity index (χ3v) is 5.09. The monoisotopic (exact) mass is 249 g/mol. The highest BCUT2D eigenvalue weighted by Gasteiger charge is 2.18. The second-order valence-electron chi connectivity index (χ2n) is 3.97. The van der Waals surface area contributed by atoms with Crippen molar-refractivity contribution in [1.29, 1.82) is 5.26 Å². The highest BCUT2D eigenvalue weighted by molar-refractivity contribution is 8.00. The van der Waals surface area contributed by atoms with Crippen LogP contribution < -0.4 is 0 Å². The smallest absolute Gasteiger partial charge is 0.101 e. The van der Waals surface area contributed by atoms with E-state index in [0.29, 0.717) is 0 Å². The minimum Gasteiger partial charge on any atom is -0.192 e. The van der Waals surface area contributed by atoms with E-state index in [9.17, 15) is 5.26 Å². The molecule has 0 spiro atoms. The summed E-state index contributed by atoms with van der Waals surface area (Å²) in [7, 11) is 0. The van der Waals surface area contributed by atoms with Gasteiger partial charge in [-0.2, -0.15) is 5.26 Å². The van der Waals surface area contributed by atoms with E-state index in [1.807, 2.05) is 24.1 Å². The molecule has 0 aliphatic heterocycles. The topological polar surface area (TPSA) is 23.8 Å². The number of hydrogen-bond acceptors (Lipinski definition) is 3. The molecule has 1 aliphatic carbocycles. The Balaban J connectivity index is 2.22. The maximum Gasteiger partial charge on any atom is 0.101 e. The lowest BCUT2D eigenvalue weighted by molar-refractivity contribution is 0.886. The molecule has 0 atom stereocenters. The third kappa shape index (κ3) is 2.56. The van der Waals surface area contributed by atoms with Gasteiger partial charge in [0.05, 0.1) is 5.56 Å². The van der Waals surface area contributed by atoms with Gasteiger partial charge in [-0.15, -0.1) is 23.5 Å². The molecule has 1 aromatic rings. The molecule has 0 radical (unpaired) electrons. The molecule has 0 aromatic heterocycles. The van der Waals surface area contributed by atoms with Crippen LogP contribution in [0.4, 0.5) is 0 Å². The molecule has 1 saturated carbocycles. The van der Waals surface area contributed by atoms with Crippen LogP contribution >= 0.6 is 23.5 Å². The van der Waals surface area contributed by atoms with Crippen LogP contribution in [0.25, 0.3) is 0 Å². The molecule has 84 valence electrons. The maximum absolute atomic E-state index is 9.23. The quantitative estimate of drug-likeness (QED) is 0.746. The molecule has 1 aliphatic rings. The van der Waals surface area contributed by atoms with Crippen LogP contribution in [0.1, 0.15) is 31.2 Å². The van der Waals surface area contributed by atoms with Gasteiger partial charge in [-0.1, -0.05) is 18.9 Å². The number of nitrogens with zero attached hydrogens (tertiary/aromatic N) is 1. The number of thioether (sulfide) groups is 2. The molecule has 16 heavy (non-hydrogen) atoms. The van der Waals surface area contributed by atoms with Crippen molar-refractivity contribution in [2.45, 2.75) is 40.7 Å². The van der Waals surface area contributed by atoms with Gasteiger partial charge in [0.1, 0.15) is 6.07 Å². The number of benzene rings is 1. The lowest BCUT2D eigenvalue weighted by atomic mass is 10.2. The minimum absolute atomic E-state index is 0.726. The first-order valence-electron chi connectivity index (χ1n) is 5.59. The predicted molar refractivity (Wildman–Crippen MR) is 71.1 cm³/mol. The number of rotatable bonds is 3. The summed E-state index contributed by atoms with van der Waals surface area (Å²) in [6, 6.07) is 8.52. The second kappa shape index (κ2) is 5.65. The first-order valence-corrected chi connectivity index (χ1v) is 7.69. The van der Waals surface area contributed by atoms with Gasteiger partial charge in [0.2, 0.25) is 0 Å². The average Bonchev–Trinajstić information content (AvgIpc) is 2.81. The van der Waals surface area contributed by atoms with E-state index in [4.69, 9.17) is 0 Å². The summed E-state index contributed by atoms with van der Waals surface area (Å²) in [5, 5.41) is 9.95. The fourth-order valence-electron chi connectivity index (χ4n) is 2.08. The zero-order valence-corrected chi connectivity index (χ0v) is 11.0. The molecule has 0 unspecified atom stereocenters. The Morgan fingerprint density at radius 1 is 1.25 bits per heavy atom. The molecular weight excluding hydrogens is 234 g/mol. The summed E-state index contributed by atoms with van der Waals surface area (Å²) in [6.45, 7) is 0. The van der Waals surface area contributed by atoms with E-state index >= 15 is 0 Å². The lowest BCUT2D eigenvalue weighted by Crippen LogP contribution is -1.95. The van der Waals surface area contributed by atoms with Crippen LogP contribution in [0.2, 0.25) is 0 Å². The summed E-state index contributed by atoms with van der Waals surface area (Å²) in [5.74, 6) is 0. The van der Waals surface area contributed by atoms with Gasteiger partial charge in [0.15, 0.2) is 0 Å². The minimum atomic E-state index is 0.726. The van der Waals surface area contributed by atoms with E-state index in [2.05, 4.69) is 18.2 Å². The summed E-state index contributed by atoms with van der Waals surface area (Å²) in [5.41, 5.74) is 0.868. The van der Waals surface area contributed by atoms with E-state index in [-0.39, 0.29) is 0 Å². The molecule has 0 bridgehead atoms. The van der Waals surface area contributed by atoms with Crippen LogP contribution in [0, 0.1) is 11.3 Å². The maximum atomic E-state index is 9.23. The second-order valence-corrected chi connectivity index (χ2v) is 6.16. The first-order chi connectivity index (χ1) is 7.85. The number of hydrogen-bond donors (Lipinski definition) is 0. The van der Waals surface area contributed by atoms with Crippen molar-refractivity contribution < 1.29 is 0 Å². The van der Waals surface area contributed by atoms with E-state index in [1.54, 1.807) is 11.8 Å². The molecule has 2 rings (SSSR count). The van der Waals surface area contributed by atoms with Crippen molar-refractivity contribution in [1.82, 2.24) is 0 Å². The first kappa shape index (κ1) is 11.9. The molecule has 0 saturated heterocycles. The standard InChI is InChI=1S/C13H15NS2/c1-15-12-7-4-8-13(11(12)9-14)16-10-5-2-3-6-10/h4,7-8,10H,2-3,5-6H2,1H3. The van der Waals surface area contributed by atoms with Crippen molar-refractivity contribution in [3.05, 3.63) is 23.8 Å². The summed E-state index contributed by atoms with van der Waals surface area (Å²) in [6.07, 6.45) is 7.34. The molecule has 3 heteroatoms. The van der Waals surface area contributed by atoms with Gasteiger partial charge in [0, 0.05) is 15.0 Å². The Bertz CT molecular complexity index is 403. The summed E-state index contributed by atoms with van der Waals surface area (Å²) < 4.78 is 0. The van der Waals surface area contributed by atoms with Crippen LogP contribution in [0.3, 0.4) is 0 Å². The Morgan fingerprint density at radius 2 is 1.94 bits per heavy atom. The molecule has 0 amide bonds. The highest BCUT2D eigenvalue weighted by Crippen LogP contribution is 2.38. The van der Waals surface area contributed by atoms with Gasteiger partial charge in [-0.3, -0.25) is 0 Å². The fraction of sp³-hybridized carbons (Fsp3) is 0.462. The van der Waals surface area contributed by atoms with Crippen molar-refractivity contribution in [3.8, 4) is 6.07 Å². The summed E-state index contributed by atoms with van der Waals surface area (Å²) in [4.78, 5) is 2.27. The molecule has 0 heterocycles. The SMILES string of the molecule is CSc1cccc(SC2CCCC2)c1C#N. The van der Waals surface area contributed by atoms with Gasteiger partial charge in [-0.25, -0.2) is 0 Å². The van der Waals surface area contributed by atoms with E-state index in [0.717, 1.165) is 15.7 Å². The van der Waals surface area contributed by atoms with Crippen molar-refractivity contribution in [2.75, 3.05) is 6.26 Å². The largest absolute Gasteiger partial charge is 0.192 e. The van der Waals surface area contributed by atoms with Crippen molar-refractivity contribution >= 4 is 23.5 Å². The lowest BCUT2D eigenvalue weighted by Gasteiger charge is -2.11. The van der Waals surface area contributed by atoms with Gasteiger partial charge in [-0.05, 0) is 31.2 Å². The van der Waals surface area contributed by atoms with Crippen LogP contribution in [0.15, 0.2) is 28.0 Å². The van der Waals surface area contributed by atoms with Gasteiger partial charge >= 0.3 is 0 Å². The van der Waals surface area contributed by atoms with Crippen LogP contribution in [-0.2, 0) is 0 Å². The number of nitriles is 1. The molecular formula is C13H15NS2. The zero-order chi connectivity index (χ0) is 11.4. The van der Waals surface area contributed by atoms with Gasteiger partial charge < -0.3 is 0 Å². The van der Waals surface area contributed by atoms with Crippen LogP contribution in [0.5, 0.6) is 0 Å².